The summed E-state index contributed by atoms with van der Waals surface area (Å²) in [5.41, 5.74) is 7.97. The average molecular weight is 356 g/mol. The number of amides is 1. The van der Waals surface area contributed by atoms with E-state index in [4.69, 9.17) is 5.73 Å². The highest BCUT2D eigenvalue weighted by Gasteiger charge is 2.21. The first-order valence-corrected chi connectivity index (χ1v) is 8.43. The number of hydrogen-bond acceptors (Lipinski definition) is 5. The molecule has 23 heavy (non-hydrogen) atoms. The number of piperidine rings is 1. The van der Waals surface area contributed by atoms with Gasteiger partial charge in [0.25, 0.3) is 0 Å². The van der Waals surface area contributed by atoms with Crippen molar-refractivity contribution in [1.29, 1.82) is 0 Å². The van der Waals surface area contributed by atoms with Crippen molar-refractivity contribution < 1.29 is 4.79 Å². The molecule has 0 aromatic heterocycles. The fourth-order valence-corrected chi connectivity index (χ4v) is 3.62. The van der Waals surface area contributed by atoms with E-state index in [1.807, 2.05) is 18.2 Å². The Bertz CT molecular complexity index is 630. The van der Waals surface area contributed by atoms with Gasteiger partial charge in [0.1, 0.15) is 11.4 Å². The topological polar surface area (TPSA) is 83.1 Å². The lowest BCUT2D eigenvalue weighted by molar-refractivity contribution is -0.117. The normalized spacial score (nSPS) is 19.6. The van der Waals surface area contributed by atoms with Gasteiger partial charge in [0.05, 0.1) is 23.6 Å². The molecule has 6 nitrogen and oxygen atoms in total. The number of anilines is 1. The van der Waals surface area contributed by atoms with Crippen LogP contribution in [0.4, 0.5) is 17.1 Å². The van der Waals surface area contributed by atoms with Crippen LogP contribution in [0.15, 0.2) is 26.9 Å². The van der Waals surface area contributed by atoms with Crippen molar-refractivity contribution in [3.05, 3.63) is 18.2 Å². The largest absolute Gasteiger partial charge is 0.330 e. The molecule has 126 valence electrons. The Hall–Kier alpha value is -1.28. The maximum Gasteiger partial charge on any atom is 0.238 e. The Balaban J connectivity index is 0.00000192. The van der Waals surface area contributed by atoms with E-state index in [1.54, 1.807) is 0 Å². The molecule has 2 aliphatic rings. The van der Waals surface area contributed by atoms with Crippen LogP contribution in [0.5, 0.6) is 0 Å². The second kappa shape index (κ2) is 8.54. The second-order valence-electron chi connectivity index (χ2n) is 5.81. The number of nitrogens with two attached hydrogens (primary N) is 1. The Labute approximate surface area is 146 Å². The van der Waals surface area contributed by atoms with Crippen LogP contribution >= 0.6 is 12.4 Å². The van der Waals surface area contributed by atoms with Crippen LogP contribution in [0.25, 0.3) is 0 Å². The molecule has 1 fully saturated rings. The number of carbonyl (C=O) groups excluding carboxylic acids is 1. The van der Waals surface area contributed by atoms with Crippen molar-refractivity contribution in [3.8, 4) is 0 Å². The first kappa shape index (κ1) is 18.1. The molecule has 1 amide bonds. The summed E-state index contributed by atoms with van der Waals surface area (Å²) in [7, 11) is 0. The lowest BCUT2D eigenvalue weighted by Gasteiger charge is -2.32. The Morgan fingerprint density at radius 1 is 1.43 bits per heavy atom. The fourth-order valence-electron chi connectivity index (χ4n) is 3.07. The predicted molar refractivity (Wildman–Crippen MR) is 96.7 cm³/mol. The van der Waals surface area contributed by atoms with Crippen molar-refractivity contribution in [3.63, 3.8) is 0 Å². The zero-order valence-electron chi connectivity index (χ0n) is 12.9. The molecule has 0 aliphatic carbocycles. The first-order valence-electron chi connectivity index (χ1n) is 7.70. The van der Waals surface area contributed by atoms with Crippen molar-refractivity contribution in [2.45, 2.75) is 19.3 Å². The summed E-state index contributed by atoms with van der Waals surface area (Å²) < 4.78 is 8.43. The van der Waals surface area contributed by atoms with Crippen LogP contribution in [0.1, 0.15) is 19.3 Å². The number of fused-ring (bicyclic) bond motifs is 1. The molecule has 3 N–H and O–H groups in total. The molecule has 1 atom stereocenters. The Morgan fingerprint density at radius 3 is 3.13 bits per heavy atom. The van der Waals surface area contributed by atoms with E-state index in [1.165, 1.54) is 6.42 Å². The highest BCUT2D eigenvalue weighted by molar-refractivity contribution is 7.58. The zero-order valence-corrected chi connectivity index (χ0v) is 14.5. The number of likely N-dealkylation sites (tertiary alicyclic amines) is 1. The van der Waals surface area contributed by atoms with Crippen molar-refractivity contribution in [1.82, 2.24) is 4.90 Å². The summed E-state index contributed by atoms with van der Waals surface area (Å²) in [6.45, 7) is 3.10. The van der Waals surface area contributed by atoms with Gasteiger partial charge in [0.15, 0.2) is 0 Å². The van der Waals surface area contributed by atoms with E-state index < -0.39 is 0 Å². The third-order valence-corrected chi connectivity index (χ3v) is 4.65. The van der Waals surface area contributed by atoms with Crippen LogP contribution < -0.4 is 11.1 Å². The maximum atomic E-state index is 12.3. The summed E-state index contributed by atoms with van der Waals surface area (Å²) in [6, 6.07) is 5.66. The van der Waals surface area contributed by atoms with Gasteiger partial charge in [-0.2, -0.15) is 8.73 Å². The first-order chi connectivity index (χ1) is 10.8. The highest BCUT2D eigenvalue weighted by atomic mass is 35.5. The van der Waals surface area contributed by atoms with Gasteiger partial charge in [-0.25, -0.2) is 0 Å². The lowest BCUT2D eigenvalue weighted by Crippen LogP contribution is -2.40. The molecule has 1 aromatic rings. The van der Waals surface area contributed by atoms with E-state index in [0.29, 0.717) is 12.5 Å². The van der Waals surface area contributed by atoms with Crippen LogP contribution in [-0.4, -0.2) is 37.0 Å². The molecule has 0 radical (unpaired) electrons. The predicted octanol–water partition coefficient (Wildman–Crippen LogP) is 2.83. The van der Waals surface area contributed by atoms with Crippen molar-refractivity contribution in [2.75, 3.05) is 31.5 Å². The third kappa shape index (κ3) is 4.60. The quantitative estimate of drug-likeness (QED) is 0.865. The molecule has 3 rings (SSSR count). The molecule has 0 bridgehead atoms. The lowest BCUT2D eigenvalue weighted by atomic mass is 9.95. The summed E-state index contributed by atoms with van der Waals surface area (Å²) in [5, 5.41) is 2.96. The molecule has 0 saturated carbocycles. The number of nitrogens with one attached hydrogen (secondary N) is 1. The fraction of sp³-hybridized carbons (Fsp3) is 0.533. The monoisotopic (exact) mass is 355 g/mol. The standard InChI is InChI=1S/C15H21N5OS.ClH/c16-7-6-11-3-2-8-20(9-11)10-14(21)17-12-4-1-5-13-15(12)19-22-18-13;/h1,4-5,11H,2-3,6-10,16H2,(H,17,21);1H. The zero-order chi connectivity index (χ0) is 15.4. The number of hydrogen-bond donors (Lipinski definition) is 2. The molecule has 2 aliphatic heterocycles. The van der Waals surface area contributed by atoms with Gasteiger partial charge >= 0.3 is 0 Å². The molecule has 0 spiro atoms. The van der Waals surface area contributed by atoms with E-state index in [9.17, 15) is 4.79 Å². The van der Waals surface area contributed by atoms with E-state index in [0.717, 1.165) is 60.9 Å². The van der Waals surface area contributed by atoms with Crippen molar-refractivity contribution in [2.24, 2.45) is 20.4 Å². The smallest absolute Gasteiger partial charge is 0.238 e. The Morgan fingerprint density at radius 2 is 2.30 bits per heavy atom. The molecule has 8 heteroatoms. The van der Waals surface area contributed by atoms with E-state index in [2.05, 4.69) is 18.9 Å². The van der Waals surface area contributed by atoms with Crippen molar-refractivity contribution >= 4 is 46.7 Å². The summed E-state index contributed by atoms with van der Waals surface area (Å²) >= 11 is 1.16. The minimum Gasteiger partial charge on any atom is -0.330 e. The van der Waals surface area contributed by atoms with E-state index in [-0.39, 0.29) is 18.3 Å². The third-order valence-electron chi connectivity index (χ3n) is 4.11. The van der Waals surface area contributed by atoms with Gasteiger partial charge in [-0.1, -0.05) is 6.07 Å². The van der Waals surface area contributed by atoms with Gasteiger partial charge in [-0.15, -0.1) is 12.4 Å². The highest BCUT2D eigenvalue weighted by Crippen LogP contribution is 2.38. The number of halogens is 1. The van der Waals surface area contributed by atoms with Crippen LogP contribution in [0, 0.1) is 5.92 Å². The summed E-state index contributed by atoms with van der Waals surface area (Å²) in [4.78, 5) is 14.5. The van der Waals surface area contributed by atoms with Gasteiger partial charge in [-0.05, 0) is 50.4 Å². The van der Waals surface area contributed by atoms with Gasteiger partial charge in [-0.3, -0.25) is 9.69 Å². The van der Waals surface area contributed by atoms with Gasteiger partial charge < -0.3 is 11.1 Å². The number of rotatable bonds is 5. The molecule has 1 aromatic carbocycles. The summed E-state index contributed by atoms with van der Waals surface area (Å²) in [6.07, 6.45) is 3.41. The average Bonchev–Trinajstić information content (AvgIpc) is 2.97. The van der Waals surface area contributed by atoms with Crippen LogP contribution in [0.3, 0.4) is 0 Å². The minimum absolute atomic E-state index is 0. The molecular weight excluding hydrogens is 334 g/mol. The molecule has 1 unspecified atom stereocenters. The number of nitrogens with zero attached hydrogens (tertiary/aromatic N) is 3. The minimum atomic E-state index is 0. The Kier molecular flexibility index (Phi) is 6.71. The van der Waals surface area contributed by atoms with E-state index >= 15 is 0 Å². The number of benzene rings is 1. The SMILES string of the molecule is Cl.NCCC1CCCN(CC(=O)Nc2cccc3c2N=S=N3)C1. The molecular formula is C15H22ClN5OS. The second-order valence-corrected chi connectivity index (χ2v) is 6.33. The van der Waals surface area contributed by atoms with Crippen LogP contribution in [-0.2, 0) is 16.1 Å². The molecule has 1 saturated heterocycles. The maximum absolute atomic E-state index is 12.3. The van der Waals surface area contributed by atoms with Gasteiger partial charge in [0.2, 0.25) is 5.91 Å². The van der Waals surface area contributed by atoms with Crippen LogP contribution in [0.2, 0.25) is 0 Å². The number of carbonyl (C=O) groups is 1. The van der Waals surface area contributed by atoms with Gasteiger partial charge in [0, 0.05) is 6.54 Å². The summed E-state index contributed by atoms with van der Waals surface area (Å²) in [5.74, 6) is 0.631. The molecule has 2 heterocycles.